The van der Waals surface area contributed by atoms with Gasteiger partial charge in [0.1, 0.15) is 5.75 Å². The number of aryl methyl sites for hydroxylation is 6. The predicted molar refractivity (Wildman–Crippen MR) is 566 cm³/mol. The van der Waals surface area contributed by atoms with Crippen LogP contribution in [-0.4, -0.2) is 28.4 Å². The number of halogens is 8. The smallest absolute Gasteiger partial charge is 0.203 e. The summed E-state index contributed by atoms with van der Waals surface area (Å²) >= 11 is 41.0. The first-order chi connectivity index (χ1) is 62.1. The SMILES string of the molecule is COc1cc2c3c(cc(Cl)c2c(OC)c1OC)[C@H]1C[C@H](C)C[C@]1(C)CC3.COc1ccc2c(Cl)cc3c(c2c1)CC[C@@]1(C)C[C@@H](C)C[C@H]31.C[C@@H]1C[C@H]2c3cc(Br)c4ccccc4c3CC[C@]2(C)C1.C[C@H]1C[C@@H]2c3cc(Br)c4cc(Cl)ccc4c3CC[C@@]2(C)C1.C[C@H]1C[C@@H]2c3cc(Br)c4ccc(Cl)cc4c3CC[C@@]2(C)C1.C[C@H]1C[C@@H]2c3cc(Br)c4ccccc4c3CC[C@@]2(C)C1. The third-order valence-electron chi connectivity index (χ3n) is 35.8. The molecule has 0 bridgehead atoms. The summed E-state index contributed by atoms with van der Waals surface area (Å²) in [6.07, 6.45) is 31.2. The van der Waals surface area contributed by atoms with Gasteiger partial charge in [-0.2, -0.15) is 0 Å². The highest BCUT2D eigenvalue weighted by molar-refractivity contribution is 9.11. The van der Waals surface area contributed by atoms with Crippen LogP contribution in [0.25, 0.3) is 64.6 Å². The highest BCUT2D eigenvalue weighted by Gasteiger charge is 2.53. The fourth-order valence-corrected chi connectivity index (χ4v) is 33.5. The second-order valence-corrected chi connectivity index (χ2v) is 50.1. The van der Waals surface area contributed by atoms with Crippen LogP contribution in [0.1, 0.15) is 301 Å². The Balaban J connectivity index is 0.000000101. The summed E-state index contributed by atoms with van der Waals surface area (Å²) in [6, 6.07) is 52.8. The van der Waals surface area contributed by atoms with Gasteiger partial charge in [0.15, 0.2) is 11.5 Å². The number of rotatable bonds is 4. The first kappa shape index (κ1) is 93.5. The summed E-state index contributed by atoms with van der Waals surface area (Å²) < 4.78 is 27.2. The van der Waals surface area contributed by atoms with Crippen molar-refractivity contribution in [2.45, 2.75) is 273 Å². The van der Waals surface area contributed by atoms with Crippen LogP contribution in [0.4, 0.5) is 0 Å². The van der Waals surface area contributed by atoms with Crippen molar-refractivity contribution in [2.75, 3.05) is 28.4 Å². The zero-order valence-corrected chi connectivity index (χ0v) is 88.8. The predicted octanol–water partition coefficient (Wildman–Crippen LogP) is 37.5. The van der Waals surface area contributed by atoms with Crippen molar-refractivity contribution in [1.82, 2.24) is 0 Å². The first-order valence-electron chi connectivity index (χ1n) is 49.0. The molecule has 24 rings (SSSR count). The average molecular weight is 2080 g/mol. The number of hydrogen-bond donors (Lipinski definition) is 0. The highest BCUT2D eigenvalue weighted by atomic mass is 79.9. The quantitative estimate of drug-likeness (QED) is 0.176. The molecule has 12 aliphatic carbocycles. The normalized spacial score (nSPS) is 30.5. The van der Waals surface area contributed by atoms with Crippen LogP contribution in [0.5, 0.6) is 23.0 Å². The monoisotopic (exact) mass is 2070 g/mol. The van der Waals surface area contributed by atoms with E-state index in [1.165, 1.54) is 230 Å². The van der Waals surface area contributed by atoms with Crippen LogP contribution in [-0.2, 0) is 38.5 Å². The van der Waals surface area contributed by atoms with E-state index in [4.69, 9.17) is 65.4 Å². The van der Waals surface area contributed by atoms with Crippen molar-refractivity contribution in [2.24, 2.45) is 68.0 Å². The van der Waals surface area contributed by atoms with E-state index in [1.54, 1.807) is 72.9 Å². The maximum Gasteiger partial charge on any atom is 0.203 e. The van der Waals surface area contributed by atoms with Crippen LogP contribution < -0.4 is 18.9 Å². The number of methoxy groups -OCH3 is 4. The van der Waals surface area contributed by atoms with E-state index in [1.807, 2.05) is 18.2 Å². The van der Waals surface area contributed by atoms with E-state index in [-0.39, 0.29) is 0 Å². The minimum Gasteiger partial charge on any atom is -0.497 e. The molecule has 6 fully saturated rings. The van der Waals surface area contributed by atoms with E-state index in [2.05, 4.69) is 274 Å². The van der Waals surface area contributed by atoms with Crippen molar-refractivity contribution >= 4 is 175 Å². The molecule has 18 atom stereocenters. The lowest BCUT2D eigenvalue weighted by atomic mass is 9.66. The molecule has 0 aromatic heterocycles. The molecule has 684 valence electrons. The molecule has 0 N–H and O–H groups in total. The van der Waals surface area contributed by atoms with Crippen LogP contribution >= 0.6 is 110 Å². The number of ether oxygens (including phenoxy) is 4. The number of hydrogen-bond acceptors (Lipinski definition) is 4. The summed E-state index contributed by atoms with van der Waals surface area (Å²) in [6.45, 7) is 29.4. The highest BCUT2D eigenvalue weighted by Crippen LogP contribution is 2.66. The Morgan fingerprint density at radius 3 is 0.908 bits per heavy atom. The lowest BCUT2D eigenvalue weighted by molar-refractivity contribution is 0.248. The van der Waals surface area contributed by atoms with Gasteiger partial charge in [-0.1, -0.05) is 254 Å². The molecule has 0 heterocycles. The minimum atomic E-state index is 0.393. The standard InChI is InChI=1S/C22H27ClO3.C20H23ClO.2C19H20BrCl.2C19H21Br/c1-12-8-16-14-9-17(23)19-15(13(14)6-7-22(16,2)11-12)10-18(24-3)20(25-4)21(19)26-5;1-12-8-18-17-10-19(21)15-5-4-13(22-3)9-16(15)14(17)6-7-20(18,2)11-12;1-11-7-17-16-9-18(20)14-4-3-12(21)8-15(14)13(16)5-6-19(17,2)10-11;1-11-7-17-15-9-18(20)16-8-12(21)3-4-13(16)14(15)5-6-19(17,2)10-11;2*1-12-9-17-16-10-18(20)15-6-4-3-5-13(15)14(16)7-8-19(17,2)11-12/h9-10,12,16H,6-8,11H2,1-5H3;4-5,9-10,12,18H,6-8,11H2,1-3H3;2*3-4,8-9,11,17H,5-7,10H2,1-2H3;2*3-6,10,12,17H,7-9,11H2,1-2H3/t12-,16+,22-;12-,18+,20-;2*11-,17+,19-;2*12-,17+,19-/m000010/s1. The zero-order chi connectivity index (χ0) is 91.5. The van der Waals surface area contributed by atoms with E-state index in [0.29, 0.717) is 61.6 Å². The Labute approximate surface area is 828 Å². The van der Waals surface area contributed by atoms with E-state index < -0.39 is 0 Å². The molecular weight excluding hydrogens is 1940 g/mol. The summed E-state index contributed by atoms with van der Waals surface area (Å²) in [4.78, 5) is 0. The lowest BCUT2D eigenvalue weighted by Crippen LogP contribution is -2.26. The molecule has 130 heavy (non-hydrogen) atoms. The summed E-state index contributed by atoms with van der Waals surface area (Å²) in [5.41, 5.74) is 21.6. The molecule has 4 nitrogen and oxygen atoms in total. The second-order valence-electron chi connectivity index (χ2n) is 45.0. The molecule has 12 aliphatic rings. The van der Waals surface area contributed by atoms with Crippen molar-refractivity contribution in [3.05, 3.63) is 250 Å². The summed E-state index contributed by atoms with van der Waals surface area (Å²) in [5, 5.41) is 18.8. The van der Waals surface area contributed by atoms with Gasteiger partial charge in [0, 0.05) is 43.7 Å². The Morgan fingerprint density at radius 2 is 0.554 bits per heavy atom. The second kappa shape index (κ2) is 36.1. The molecule has 0 spiro atoms. The van der Waals surface area contributed by atoms with Crippen LogP contribution in [0.2, 0.25) is 20.1 Å². The fraction of sp³-hybridized carbons (Fsp3) is 0.492. The van der Waals surface area contributed by atoms with Gasteiger partial charge in [-0.25, -0.2) is 0 Å². The van der Waals surface area contributed by atoms with E-state index in [9.17, 15) is 0 Å². The van der Waals surface area contributed by atoms with Crippen LogP contribution in [0.3, 0.4) is 0 Å². The summed E-state index contributed by atoms with van der Waals surface area (Å²) in [5.74, 6) is 12.1. The van der Waals surface area contributed by atoms with E-state index >= 15 is 0 Å². The van der Waals surface area contributed by atoms with Gasteiger partial charge in [0.2, 0.25) is 5.75 Å². The molecule has 0 saturated heterocycles. The van der Waals surface area contributed by atoms with Crippen molar-refractivity contribution in [1.29, 1.82) is 0 Å². The van der Waals surface area contributed by atoms with Crippen LogP contribution in [0.15, 0.2) is 163 Å². The Morgan fingerprint density at radius 1 is 0.269 bits per heavy atom. The molecule has 0 radical (unpaired) electrons. The fourth-order valence-electron chi connectivity index (χ4n) is 30.3. The molecular formula is C118H132Br4Cl4O4. The van der Waals surface area contributed by atoms with Gasteiger partial charge in [-0.15, -0.1) is 0 Å². The van der Waals surface area contributed by atoms with Gasteiger partial charge < -0.3 is 18.9 Å². The maximum atomic E-state index is 6.80. The molecule has 12 heteroatoms. The average Bonchev–Trinajstić information content (AvgIpc) is 1.42. The molecule has 0 amide bonds. The van der Waals surface area contributed by atoms with Gasteiger partial charge in [-0.3, -0.25) is 0 Å². The molecule has 6 saturated carbocycles. The van der Waals surface area contributed by atoms with Crippen molar-refractivity contribution < 1.29 is 18.9 Å². The molecule has 0 aliphatic heterocycles. The van der Waals surface area contributed by atoms with Gasteiger partial charge >= 0.3 is 0 Å². The number of fused-ring (bicyclic) bond motifs is 30. The first-order valence-corrected chi connectivity index (χ1v) is 53.7. The molecule has 12 aromatic rings. The van der Waals surface area contributed by atoms with Crippen LogP contribution in [0, 0.1) is 68.0 Å². The largest absolute Gasteiger partial charge is 0.497 e. The maximum absolute atomic E-state index is 6.80. The van der Waals surface area contributed by atoms with Gasteiger partial charge in [-0.05, 0) is 463 Å². The minimum absolute atomic E-state index is 0.393. The van der Waals surface area contributed by atoms with E-state index in [0.717, 1.165) is 114 Å². The molecule has 12 aromatic carbocycles. The Bertz CT molecular complexity index is 6360. The third kappa shape index (κ3) is 16.7. The topological polar surface area (TPSA) is 36.9 Å². The van der Waals surface area contributed by atoms with Crippen molar-refractivity contribution in [3.8, 4) is 23.0 Å². The third-order valence-corrected chi connectivity index (χ3v) is 39.5. The van der Waals surface area contributed by atoms with Gasteiger partial charge in [0.05, 0.1) is 33.5 Å². The molecule has 0 unspecified atom stereocenters. The Kier molecular flexibility index (Phi) is 26.0. The lowest BCUT2D eigenvalue weighted by Gasteiger charge is -2.38. The summed E-state index contributed by atoms with van der Waals surface area (Å²) in [7, 11) is 6.68. The number of benzene rings is 12. The zero-order valence-electron chi connectivity index (χ0n) is 79.4. The van der Waals surface area contributed by atoms with Gasteiger partial charge in [0.25, 0.3) is 0 Å². The Hall–Kier alpha value is -5.52. The van der Waals surface area contributed by atoms with Crippen molar-refractivity contribution in [3.63, 3.8) is 0 Å².